The zero-order valence-corrected chi connectivity index (χ0v) is 14.2. The van der Waals surface area contributed by atoms with Crippen molar-refractivity contribution in [3.05, 3.63) is 40.9 Å². The Kier molecular flexibility index (Phi) is 5.10. The molecule has 2 aromatic rings. The third-order valence-electron chi connectivity index (χ3n) is 4.09. The third kappa shape index (κ3) is 4.79. The van der Waals surface area contributed by atoms with E-state index in [1.54, 1.807) is 11.4 Å². The van der Waals surface area contributed by atoms with Gasteiger partial charge in [0, 0.05) is 23.5 Å². The fourth-order valence-electron chi connectivity index (χ4n) is 2.50. The van der Waals surface area contributed by atoms with Crippen LogP contribution in [-0.2, 0) is 17.4 Å². The Morgan fingerprint density at radius 3 is 2.84 bits per heavy atom. The molecular weight excluding hydrogens is 351 g/mol. The smallest absolute Gasteiger partial charge is 0.354 e. The fraction of sp³-hybridized carbons (Fsp3) is 0.412. The topological polar surface area (TPSA) is 68.0 Å². The number of thiazole rings is 1. The molecule has 1 aromatic carbocycles. The maximum atomic E-state index is 12.8. The van der Waals surface area contributed by atoms with Gasteiger partial charge in [-0.05, 0) is 30.9 Å². The minimum Gasteiger partial charge on any atom is -0.354 e. The molecule has 1 aromatic heterocycles. The average molecular weight is 369 g/mol. The number of rotatable bonds is 6. The molecule has 1 saturated carbocycles. The third-order valence-corrected chi connectivity index (χ3v) is 5.03. The van der Waals surface area contributed by atoms with Crippen molar-refractivity contribution in [1.82, 2.24) is 10.3 Å². The molecule has 0 saturated heterocycles. The van der Waals surface area contributed by atoms with Crippen LogP contribution in [0.1, 0.15) is 24.1 Å². The van der Waals surface area contributed by atoms with E-state index in [0.29, 0.717) is 28.7 Å². The Labute approximate surface area is 147 Å². The number of benzene rings is 1. The molecule has 1 amide bonds. The molecule has 0 spiro atoms. The van der Waals surface area contributed by atoms with Gasteiger partial charge in [0.2, 0.25) is 5.91 Å². The predicted octanol–water partition coefficient (Wildman–Crippen LogP) is 3.22. The largest absolute Gasteiger partial charge is 0.416 e. The maximum absolute atomic E-state index is 12.8. The van der Waals surface area contributed by atoms with Crippen LogP contribution in [0.15, 0.2) is 29.6 Å². The first-order valence-corrected chi connectivity index (χ1v) is 8.85. The minimum absolute atomic E-state index is 0.0138. The molecule has 1 unspecified atom stereocenters. The molecule has 3 rings (SSSR count). The summed E-state index contributed by atoms with van der Waals surface area (Å²) in [5.74, 6) is 0.323. The number of carbonyl (C=O) groups excluding carboxylic acids is 1. The molecule has 1 aliphatic rings. The minimum atomic E-state index is -4.39. The summed E-state index contributed by atoms with van der Waals surface area (Å²) in [6.07, 6.45) is -2.07. The molecule has 134 valence electrons. The van der Waals surface area contributed by atoms with E-state index in [9.17, 15) is 18.0 Å². The molecule has 0 bridgehead atoms. The van der Waals surface area contributed by atoms with E-state index in [1.165, 1.54) is 17.4 Å². The molecule has 1 heterocycles. The molecule has 4 nitrogen and oxygen atoms in total. The molecule has 1 atom stereocenters. The highest BCUT2D eigenvalue weighted by Crippen LogP contribution is 2.33. The Morgan fingerprint density at radius 2 is 2.16 bits per heavy atom. The second-order valence-electron chi connectivity index (χ2n) is 6.20. The molecule has 1 aliphatic carbocycles. The monoisotopic (exact) mass is 369 g/mol. The van der Waals surface area contributed by atoms with Crippen LogP contribution in [0.5, 0.6) is 0 Å². The van der Waals surface area contributed by atoms with Gasteiger partial charge < -0.3 is 11.1 Å². The molecule has 0 aliphatic heterocycles. The quantitative estimate of drug-likeness (QED) is 0.822. The lowest BCUT2D eigenvalue weighted by Crippen LogP contribution is -2.39. The van der Waals surface area contributed by atoms with Crippen molar-refractivity contribution in [2.45, 2.75) is 31.5 Å². The zero-order chi connectivity index (χ0) is 18.0. The van der Waals surface area contributed by atoms with Crippen molar-refractivity contribution in [2.24, 2.45) is 11.7 Å². The first kappa shape index (κ1) is 17.9. The number of nitrogens with zero attached hydrogens (tertiary/aromatic N) is 1. The van der Waals surface area contributed by atoms with Gasteiger partial charge in [0.1, 0.15) is 5.01 Å². The molecular formula is C17H18F3N3OS. The molecule has 1 fully saturated rings. The predicted molar refractivity (Wildman–Crippen MR) is 90.0 cm³/mol. The number of nitrogens with two attached hydrogens (primary N) is 1. The van der Waals surface area contributed by atoms with Gasteiger partial charge >= 0.3 is 6.18 Å². The number of aromatic nitrogens is 1. The summed E-state index contributed by atoms with van der Waals surface area (Å²) in [7, 11) is 0. The number of hydrogen-bond donors (Lipinski definition) is 2. The SMILES string of the molecule is NC(CNC(=O)Cc1csc(-c2cccc(C(F)(F)F)c2)n1)C1CC1. The van der Waals surface area contributed by atoms with Crippen molar-refractivity contribution < 1.29 is 18.0 Å². The Hall–Kier alpha value is -1.93. The van der Waals surface area contributed by atoms with Gasteiger partial charge in [-0.2, -0.15) is 13.2 Å². The van der Waals surface area contributed by atoms with Gasteiger partial charge in [0.05, 0.1) is 17.7 Å². The van der Waals surface area contributed by atoms with Crippen LogP contribution in [-0.4, -0.2) is 23.5 Å². The van der Waals surface area contributed by atoms with E-state index < -0.39 is 11.7 Å². The van der Waals surface area contributed by atoms with Crippen molar-refractivity contribution in [2.75, 3.05) is 6.54 Å². The van der Waals surface area contributed by atoms with E-state index in [0.717, 1.165) is 25.0 Å². The summed E-state index contributed by atoms with van der Waals surface area (Å²) in [6.45, 7) is 0.439. The maximum Gasteiger partial charge on any atom is 0.416 e. The van der Waals surface area contributed by atoms with E-state index >= 15 is 0 Å². The second-order valence-corrected chi connectivity index (χ2v) is 7.06. The van der Waals surface area contributed by atoms with Crippen LogP contribution in [0.25, 0.3) is 10.6 Å². The standard InChI is InChI=1S/C17H18F3N3OS/c18-17(19,20)12-3-1-2-11(6-12)16-23-13(9-25-16)7-15(24)22-8-14(21)10-4-5-10/h1-3,6,9-10,14H,4-5,7-8,21H2,(H,22,24). The van der Waals surface area contributed by atoms with Crippen molar-refractivity contribution in [1.29, 1.82) is 0 Å². The number of nitrogens with one attached hydrogen (secondary N) is 1. The fourth-order valence-corrected chi connectivity index (χ4v) is 3.32. The number of alkyl halides is 3. The van der Waals surface area contributed by atoms with E-state index in [1.807, 2.05) is 0 Å². The summed E-state index contributed by atoms with van der Waals surface area (Å²) in [4.78, 5) is 16.2. The van der Waals surface area contributed by atoms with Crippen molar-refractivity contribution >= 4 is 17.2 Å². The first-order chi connectivity index (χ1) is 11.8. The number of amides is 1. The Morgan fingerprint density at radius 1 is 1.40 bits per heavy atom. The summed E-state index contributed by atoms with van der Waals surface area (Å²) < 4.78 is 38.4. The van der Waals surface area contributed by atoms with E-state index in [-0.39, 0.29) is 18.4 Å². The molecule has 0 radical (unpaired) electrons. The number of hydrogen-bond acceptors (Lipinski definition) is 4. The van der Waals surface area contributed by atoms with Crippen molar-refractivity contribution in [3.63, 3.8) is 0 Å². The van der Waals surface area contributed by atoms with Gasteiger partial charge in [-0.1, -0.05) is 12.1 Å². The summed E-state index contributed by atoms with van der Waals surface area (Å²) in [5.41, 5.74) is 6.14. The highest BCUT2D eigenvalue weighted by molar-refractivity contribution is 7.13. The summed E-state index contributed by atoms with van der Waals surface area (Å²) in [5, 5.41) is 4.93. The molecule has 3 N–H and O–H groups in total. The lowest BCUT2D eigenvalue weighted by atomic mass is 10.1. The van der Waals surface area contributed by atoms with E-state index in [2.05, 4.69) is 10.3 Å². The second kappa shape index (κ2) is 7.13. The zero-order valence-electron chi connectivity index (χ0n) is 13.3. The molecule has 25 heavy (non-hydrogen) atoms. The number of carbonyl (C=O) groups is 1. The molecule has 8 heteroatoms. The highest BCUT2D eigenvalue weighted by Gasteiger charge is 2.31. The lowest BCUT2D eigenvalue weighted by molar-refractivity contribution is -0.137. The van der Waals surface area contributed by atoms with Crippen LogP contribution >= 0.6 is 11.3 Å². The summed E-state index contributed by atoms with van der Waals surface area (Å²) in [6, 6.07) is 5.00. The van der Waals surface area contributed by atoms with Crippen LogP contribution in [0.3, 0.4) is 0 Å². The summed E-state index contributed by atoms with van der Waals surface area (Å²) >= 11 is 1.22. The van der Waals surface area contributed by atoms with Gasteiger partial charge in [-0.15, -0.1) is 11.3 Å². The average Bonchev–Trinajstić information content (AvgIpc) is 3.32. The van der Waals surface area contributed by atoms with Crippen LogP contribution in [0, 0.1) is 5.92 Å². The van der Waals surface area contributed by atoms with Crippen LogP contribution in [0.4, 0.5) is 13.2 Å². The highest BCUT2D eigenvalue weighted by atomic mass is 32.1. The van der Waals surface area contributed by atoms with Gasteiger partial charge in [-0.3, -0.25) is 4.79 Å². The first-order valence-electron chi connectivity index (χ1n) is 7.97. The van der Waals surface area contributed by atoms with Crippen LogP contribution in [0.2, 0.25) is 0 Å². The van der Waals surface area contributed by atoms with Crippen molar-refractivity contribution in [3.8, 4) is 10.6 Å². The Bertz CT molecular complexity index is 756. The van der Waals surface area contributed by atoms with E-state index in [4.69, 9.17) is 5.73 Å². The van der Waals surface area contributed by atoms with Gasteiger partial charge in [-0.25, -0.2) is 4.98 Å². The van der Waals surface area contributed by atoms with Gasteiger partial charge in [0.15, 0.2) is 0 Å². The Balaban J connectivity index is 1.61. The van der Waals surface area contributed by atoms with Gasteiger partial charge in [0.25, 0.3) is 0 Å². The van der Waals surface area contributed by atoms with Crippen LogP contribution < -0.4 is 11.1 Å². The lowest BCUT2D eigenvalue weighted by Gasteiger charge is -2.10. The normalized spacial score (nSPS) is 15.8. The number of halogens is 3.